The molecule has 0 bridgehead atoms. The molecular formula is C19H15BrN4O3. The monoisotopic (exact) mass is 426 g/mol. The van der Waals surface area contributed by atoms with Gasteiger partial charge in [-0.3, -0.25) is 15.5 Å². The number of pyridine rings is 1. The Hall–Kier alpha value is -3.26. The molecule has 7 nitrogen and oxygen atoms in total. The highest BCUT2D eigenvalue weighted by Crippen LogP contribution is 2.26. The van der Waals surface area contributed by atoms with Crippen LogP contribution < -0.4 is 10.2 Å². The van der Waals surface area contributed by atoms with Crippen molar-refractivity contribution in [1.82, 2.24) is 4.98 Å². The minimum Gasteiger partial charge on any atom is -0.488 e. The molecule has 0 unspecified atom stereocenters. The second-order valence-electron chi connectivity index (χ2n) is 5.49. The molecule has 0 saturated carbocycles. The number of nitrogens with one attached hydrogen (secondary N) is 1. The number of benzene rings is 2. The van der Waals surface area contributed by atoms with E-state index in [-0.39, 0.29) is 5.69 Å². The Morgan fingerprint density at radius 1 is 1.19 bits per heavy atom. The Balaban J connectivity index is 1.58. The third kappa shape index (κ3) is 5.35. The van der Waals surface area contributed by atoms with Crippen LogP contribution in [0.15, 0.2) is 76.4 Å². The summed E-state index contributed by atoms with van der Waals surface area (Å²) in [5.41, 5.74) is 4.60. The van der Waals surface area contributed by atoms with Gasteiger partial charge in [-0.15, -0.1) is 0 Å². The molecule has 0 radical (unpaired) electrons. The van der Waals surface area contributed by atoms with Crippen molar-refractivity contribution in [3.63, 3.8) is 0 Å². The molecule has 0 atom stereocenters. The maximum absolute atomic E-state index is 10.6. The largest absolute Gasteiger partial charge is 0.488 e. The summed E-state index contributed by atoms with van der Waals surface area (Å²) in [6.07, 6.45) is 2.79. The minimum atomic E-state index is -0.501. The lowest BCUT2D eigenvalue weighted by atomic mass is 10.2. The van der Waals surface area contributed by atoms with Crippen molar-refractivity contribution in [1.29, 1.82) is 0 Å². The number of anilines is 1. The van der Waals surface area contributed by atoms with E-state index in [2.05, 4.69) is 31.4 Å². The number of aromatic nitrogens is 1. The summed E-state index contributed by atoms with van der Waals surface area (Å²) in [5.74, 6) is 1.15. The van der Waals surface area contributed by atoms with E-state index < -0.39 is 4.92 Å². The van der Waals surface area contributed by atoms with Gasteiger partial charge in [0.1, 0.15) is 24.4 Å². The third-order valence-electron chi connectivity index (χ3n) is 3.54. The third-order valence-corrected chi connectivity index (χ3v) is 4.16. The van der Waals surface area contributed by atoms with Crippen LogP contribution in [0.25, 0.3) is 0 Å². The van der Waals surface area contributed by atoms with Gasteiger partial charge in [0.2, 0.25) is 0 Å². The van der Waals surface area contributed by atoms with Crippen LogP contribution in [0.2, 0.25) is 0 Å². The molecule has 0 amide bonds. The van der Waals surface area contributed by atoms with E-state index in [4.69, 9.17) is 4.74 Å². The molecule has 2 aromatic carbocycles. The van der Waals surface area contributed by atoms with Crippen molar-refractivity contribution in [2.75, 3.05) is 5.43 Å². The number of halogens is 1. The highest BCUT2D eigenvalue weighted by atomic mass is 79.9. The number of hydrogen-bond acceptors (Lipinski definition) is 6. The molecule has 1 heterocycles. The molecule has 0 fully saturated rings. The van der Waals surface area contributed by atoms with Gasteiger partial charge in [0.25, 0.3) is 5.69 Å². The quantitative estimate of drug-likeness (QED) is 0.333. The number of nitrogens with zero attached hydrogens (tertiary/aromatic N) is 3. The van der Waals surface area contributed by atoms with E-state index in [1.807, 2.05) is 48.5 Å². The fraction of sp³-hybridized carbons (Fsp3) is 0.0526. The number of hydrogen-bond donors (Lipinski definition) is 1. The lowest BCUT2D eigenvalue weighted by Crippen LogP contribution is -1.97. The van der Waals surface area contributed by atoms with Crippen LogP contribution in [-0.2, 0) is 6.61 Å². The normalized spacial score (nSPS) is 10.7. The van der Waals surface area contributed by atoms with Gasteiger partial charge in [-0.1, -0.05) is 30.3 Å². The molecule has 1 aromatic heterocycles. The van der Waals surface area contributed by atoms with Gasteiger partial charge in [-0.25, -0.2) is 4.98 Å². The first kappa shape index (κ1) is 18.5. The summed E-state index contributed by atoms with van der Waals surface area (Å²) in [4.78, 5) is 14.0. The van der Waals surface area contributed by atoms with Crippen LogP contribution in [0.4, 0.5) is 11.5 Å². The van der Waals surface area contributed by atoms with Gasteiger partial charge in [0.05, 0.1) is 15.6 Å². The maximum atomic E-state index is 10.6. The number of rotatable bonds is 7. The highest BCUT2D eigenvalue weighted by Gasteiger charge is 2.05. The fourth-order valence-electron chi connectivity index (χ4n) is 2.18. The topological polar surface area (TPSA) is 89.7 Å². The van der Waals surface area contributed by atoms with Crippen LogP contribution in [-0.4, -0.2) is 16.1 Å². The van der Waals surface area contributed by atoms with Gasteiger partial charge in [0, 0.05) is 6.07 Å². The van der Waals surface area contributed by atoms with Crippen LogP contribution in [0.3, 0.4) is 0 Å². The molecule has 3 rings (SSSR count). The van der Waals surface area contributed by atoms with Gasteiger partial charge in [0.15, 0.2) is 0 Å². The van der Waals surface area contributed by atoms with Crippen molar-refractivity contribution in [3.8, 4) is 5.75 Å². The van der Waals surface area contributed by atoms with Crippen LogP contribution >= 0.6 is 15.9 Å². The molecule has 0 aliphatic heterocycles. The number of ether oxygens (including phenoxy) is 1. The molecule has 0 spiro atoms. The zero-order chi connectivity index (χ0) is 19.1. The predicted octanol–water partition coefficient (Wildman–Crippen LogP) is 4.78. The van der Waals surface area contributed by atoms with Crippen molar-refractivity contribution < 1.29 is 9.66 Å². The van der Waals surface area contributed by atoms with E-state index >= 15 is 0 Å². The second kappa shape index (κ2) is 8.91. The first-order chi connectivity index (χ1) is 13.1. The van der Waals surface area contributed by atoms with E-state index in [0.717, 1.165) is 21.3 Å². The first-order valence-electron chi connectivity index (χ1n) is 7.97. The lowest BCUT2D eigenvalue weighted by Gasteiger charge is -2.08. The summed E-state index contributed by atoms with van der Waals surface area (Å²) >= 11 is 3.50. The average molecular weight is 427 g/mol. The van der Waals surface area contributed by atoms with Crippen LogP contribution in [0, 0.1) is 10.1 Å². The van der Waals surface area contributed by atoms with Crippen molar-refractivity contribution in [2.45, 2.75) is 6.61 Å². The van der Waals surface area contributed by atoms with E-state index in [1.165, 1.54) is 18.3 Å². The summed E-state index contributed by atoms with van der Waals surface area (Å²) < 4.78 is 6.63. The Kier molecular flexibility index (Phi) is 6.11. The molecule has 0 aliphatic carbocycles. The lowest BCUT2D eigenvalue weighted by molar-refractivity contribution is -0.385. The fourth-order valence-corrected chi connectivity index (χ4v) is 2.69. The SMILES string of the molecule is O=[N+]([O-])c1ccc(N/N=C/c2ccc(OCc3ccccc3)c(Br)c2)nc1. The maximum Gasteiger partial charge on any atom is 0.287 e. The van der Waals surface area contributed by atoms with Gasteiger partial charge in [-0.05, 0) is 51.3 Å². The van der Waals surface area contributed by atoms with Gasteiger partial charge >= 0.3 is 0 Å². The first-order valence-corrected chi connectivity index (χ1v) is 8.77. The Morgan fingerprint density at radius 3 is 2.67 bits per heavy atom. The second-order valence-corrected chi connectivity index (χ2v) is 6.35. The van der Waals surface area contributed by atoms with Crippen molar-refractivity contribution >= 4 is 33.6 Å². The van der Waals surface area contributed by atoms with E-state index in [1.54, 1.807) is 6.21 Å². The smallest absolute Gasteiger partial charge is 0.287 e. The highest BCUT2D eigenvalue weighted by molar-refractivity contribution is 9.10. The number of nitro groups is 1. The summed E-state index contributed by atoms with van der Waals surface area (Å²) in [7, 11) is 0. The van der Waals surface area contributed by atoms with Crippen LogP contribution in [0.1, 0.15) is 11.1 Å². The molecule has 0 aliphatic rings. The molecule has 0 saturated heterocycles. The van der Waals surface area contributed by atoms with Crippen LogP contribution in [0.5, 0.6) is 5.75 Å². The summed E-state index contributed by atoms with van der Waals surface area (Å²) in [5, 5.41) is 14.7. The predicted molar refractivity (Wildman–Crippen MR) is 107 cm³/mol. The molecule has 27 heavy (non-hydrogen) atoms. The van der Waals surface area contributed by atoms with Crippen molar-refractivity contribution in [2.24, 2.45) is 5.10 Å². The molecule has 1 N–H and O–H groups in total. The number of hydrazone groups is 1. The summed E-state index contributed by atoms with van der Waals surface area (Å²) in [6, 6.07) is 18.4. The molecular weight excluding hydrogens is 412 g/mol. The minimum absolute atomic E-state index is 0.0699. The van der Waals surface area contributed by atoms with E-state index in [0.29, 0.717) is 12.4 Å². The molecule has 3 aromatic rings. The summed E-state index contributed by atoms with van der Waals surface area (Å²) in [6.45, 7) is 0.486. The average Bonchev–Trinajstić information content (AvgIpc) is 2.68. The van der Waals surface area contributed by atoms with Crippen molar-refractivity contribution in [3.05, 3.63) is 92.6 Å². The molecule has 8 heteroatoms. The zero-order valence-electron chi connectivity index (χ0n) is 14.1. The van der Waals surface area contributed by atoms with Gasteiger partial charge in [-0.2, -0.15) is 5.10 Å². The van der Waals surface area contributed by atoms with E-state index in [9.17, 15) is 10.1 Å². The van der Waals surface area contributed by atoms with Gasteiger partial charge < -0.3 is 4.74 Å². The Labute approximate surface area is 164 Å². The molecule has 136 valence electrons. The Bertz CT molecular complexity index is 947. The zero-order valence-corrected chi connectivity index (χ0v) is 15.7. The Morgan fingerprint density at radius 2 is 2.00 bits per heavy atom. The standard InChI is InChI=1S/C19H15BrN4O3/c20-17-10-15(6-8-18(17)27-13-14-4-2-1-3-5-14)11-22-23-19-9-7-16(12-21-19)24(25)26/h1-12H,13H2,(H,21,23)/b22-11+.